The Hall–Kier alpha value is -1.29. The van der Waals surface area contributed by atoms with Crippen molar-refractivity contribution in [3.63, 3.8) is 0 Å². The van der Waals surface area contributed by atoms with Crippen LogP contribution in [0.1, 0.15) is 41.6 Å². The van der Waals surface area contributed by atoms with Gasteiger partial charge < -0.3 is 15.5 Å². The number of carbonyl (C=O) groups excluding carboxylic acids is 1. The Morgan fingerprint density at radius 1 is 1.56 bits per heavy atom. The van der Waals surface area contributed by atoms with Crippen molar-refractivity contribution in [3.8, 4) is 0 Å². The topological polar surface area (TPSA) is 68.3 Å². The minimum Gasteiger partial charge on any atom is -0.466 e. The lowest BCUT2D eigenvalue weighted by Gasteiger charge is -2.09. The van der Waals surface area contributed by atoms with Gasteiger partial charge in [0.05, 0.1) is 5.56 Å². The fourth-order valence-corrected chi connectivity index (χ4v) is 1.53. The highest BCUT2D eigenvalue weighted by Gasteiger charge is 2.12. The zero-order valence-corrected chi connectivity index (χ0v) is 10.2. The molecule has 0 aliphatic rings. The minimum absolute atomic E-state index is 0.0855. The quantitative estimate of drug-likeness (QED) is 0.800. The Kier molecular flexibility index (Phi) is 4.55. The summed E-state index contributed by atoms with van der Waals surface area (Å²) < 4.78 is 5.30. The predicted octanol–water partition coefficient (Wildman–Crippen LogP) is 1.75. The average molecular weight is 224 g/mol. The summed E-state index contributed by atoms with van der Waals surface area (Å²) in [5.74, 6) is 1.33. The fourth-order valence-electron chi connectivity index (χ4n) is 1.53. The number of carbonyl (C=O) groups is 1. The van der Waals surface area contributed by atoms with Gasteiger partial charge in [0.2, 0.25) is 0 Å². The Morgan fingerprint density at radius 2 is 2.25 bits per heavy atom. The van der Waals surface area contributed by atoms with E-state index in [0.717, 1.165) is 18.6 Å². The predicted molar refractivity (Wildman–Crippen MR) is 63.4 cm³/mol. The summed E-state index contributed by atoms with van der Waals surface area (Å²) in [6.45, 7) is 6.27. The first-order valence-electron chi connectivity index (χ1n) is 5.65. The number of hydrogen-bond donors (Lipinski definition) is 2. The summed E-state index contributed by atoms with van der Waals surface area (Å²) >= 11 is 0. The molecule has 1 aromatic rings. The van der Waals surface area contributed by atoms with Crippen molar-refractivity contribution >= 4 is 5.91 Å². The molecular formula is C12H20N2O2. The standard InChI is InChI=1S/C12H20N2O2/c1-4-10(13)5-6-14-12(15)11-7-8(2)16-9(11)3/h7,10H,4-6,13H2,1-3H3,(H,14,15). The van der Waals surface area contributed by atoms with Crippen LogP contribution in [0.5, 0.6) is 0 Å². The van der Waals surface area contributed by atoms with Gasteiger partial charge in [0.25, 0.3) is 5.91 Å². The molecule has 0 bridgehead atoms. The maximum atomic E-state index is 11.7. The molecular weight excluding hydrogens is 204 g/mol. The van der Waals surface area contributed by atoms with Crippen molar-refractivity contribution in [1.29, 1.82) is 0 Å². The lowest BCUT2D eigenvalue weighted by molar-refractivity contribution is 0.0951. The van der Waals surface area contributed by atoms with E-state index in [2.05, 4.69) is 5.32 Å². The van der Waals surface area contributed by atoms with Gasteiger partial charge >= 0.3 is 0 Å². The van der Waals surface area contributed by atoms with Crippen LogP contribution in [0, 0.1) is 13.8 Å². The van der Waals surface area contributed by atoms with Crippen molar-refractivity contribution in [2.24, 2.45) is 5.73 Å². The molecule has 0 saturated heterocycles. The summed E-state index contributed by atoms with van der Waals surface area (Å²) in [4.78, 5) is 11.7. The van der Waals surface area contributed by atoms with Crippen LogP contribution in [-0.2, 0) is 0 Å². The SMILES string of the molecule is CCC(N)CCNC(=O)c1cc(C)oc1C. The highest BCUT2D eigenvalue weighted by Crippen LogP contribution is 2.13. The molecule has 1 aromatic heterocycles. The van der Waals surface area contributed by atoms with E-state index >= 15 is 0 Å². The Labute approximate surface area is 96.2 Å². The van der Waals surface area contributed by atoms with E-state index in [4.69, 9.17) is 10.2 Å². The molecule has 0 aliphatic heterocycles. The smallest absolute Gasteiger partial charge is 0.254 e. The monoisotopic (exact) mass is 224 g/mol. The molecule has 1 atom stereocenters. The molecule has 16 heavy (non-hydrogen) atoms. The molecule has 0 aliphatic carbocycles. The van der Waals surface area contributed by atoms with Gasteiger partial charge in [-0.05, 0) is 32.8 Å². The Morgan fingerprint density at radius 3 is 2.75 bits per heavy atom. The van der Waals surface area contributed by atoms with Crippen LogP contribution < -0.4 is 11.1 Å². The first-order valence-corrected chi connectivity index (χ1v) is 5.65. The van der Waals surface area contributed by atoms with E-state index in [1.807, 2.05) is 13.8 Å². The van der Waals surface area contributed by atoms with Gasteiger partial charge in [-0.15, -0.1) is 0 Å². The average Bonchev–Trinajstić information content (AvgIpc) is 2.57. The first-order chi connectivity index (χ1) is 7.54. The zero-order chi connectivity index (χ0) is 12.1. The maximum absolute atomic E-state index is 11.7. The van der Waals surface area contributed by atoms with Crippen LogP contribution in [0.15, 0.2) is 10.5 Å². The van der Waals surface area contributed by atoms with Crippen LogP contribution in [0.2, 0.25) is 0 Å². The molecule has 0 aromatic carbocycles. The summed E-state index contributed by atoms with van der Waals surface area (Å²) in [5, 5.41) is 2.84. The van der Waals surface area contributed by atoms with Gasteiger partial charge in [0.1, 0.15) is 11.5 Å². The molecule has 4 heteroatoms. The fraction of sp³-hybridized carbons (Fsp3) is 0.583. The van der Waals surface area contributed by atoms with Gasteiger partial charge in [0, 0.05) is 12.6 Å². The van der Waals surface area contributed by atoms with Gasteiger partial charge in [-0.3, -0.25) is 4.79 Å². The maximum Gasteiger partial charge on any atom is 0.254 e. The van der Waals surface area contributed by atoms with E-state index in [1.165, 1.54) is 0 Å². The highest BCUT2D eigenvalue weighted by atomic mass is 16.3. The Bertz CT molecular complexity index is 358. The molecule has 0 radical (unpaired) electrons. The number of nitrogens with one attached hydrogen (secondary N) is 1. The number of aryl methyl sites for hydroxylation is 2. The first kappa shape index (κ1) is 12.8. The molecule has 1 unspecified atom stereocenters. The minimum atomic E-state index is -0.0855. The van der Waals surface area contributed by atoms with E-state index in [1.54, 1.807) is 13.0 Å². The summed E-state index contributed by atoms with van der Waals surface area (Å²) in [7, 11) is 0. The molecule has 4 nitrogen and oxygen atoms in total. The van der Waals surface area contributed by atoms with Crippen molar-refractivity contribution < 1.29 is 9.21 Å². The van der Waals surface area contributed by atoms with Gasteiger partial charge in [0.15, 0.2) is 0 Å². The van der Waals surface area contributed by atoms with Crippen molar-refractivity contribution in [2.45, 2.75) is 39.7 Å². The molecule has 3 N–H and O–H groups in total. The van der Waals surface area contributed by atoms with Crippen molar-refractivity contribution in [3.05, 3.63) is 23.2 Å². The van der Waals surface area contributed by atoms with Crippen LogP contribution in [-0.4, -0.2) is 18.5 Å². The molecule has 1 heterocycles. The number of hydrogen-bond acceptors (Lipinski definition) is 3. The highest BCUT2D eigenvalue weighted by molar-refractivity contribution is 5.95. The van der Waals surface area contributed by atoms with Crippen LogP contribution in [0.25, 0.3) is 0 Å². The van der Waals surface area contributed by atoms with Gasteiger partial charge in [-0.25, -0.2) is 0 Å². The molecule has 0 saturated carbocycles. The lowest BCUT2D eigenvalue weighted by atomic mass is 10.1. The number of nitrogens with two attached hydrogens (primary N) is 1. The second-order valence-electron chi connectivity index (χ2n) is 4.04. The number of amides is 1. The molecule has 90 valence electrons. The van der Waals surface area contributed by atoms with Crippen LogP contribution in [0.3, 0.4) is 0 Å². The van der Waals surface area contributed by atoms with Gasteiger partial charge in [-0.2, -0.15) is 0 Å². The van der Waals surface area contributed by atoms with Gasteiger partial charge in [-0.1, -0.05) is 6.92 Å². The molecule has 0 fully saturated rings. The van der Waals surface area contributed by atoms with E-state index in [9.17, 15) is 4.79 Å². The summed E-state index contributed by atoms with van der Waals surface area (Å²) in [6, 6.07) is 1.91. The summed E-state index contributed by atoms with van der Waals surface area (Å²) in [5.41, 5.74) is 6.38. The van der Waals surface area contributed by atoms with E-state index in [0.29, 0.717) is 17.9 Å². The second-order valence-corrected chi connectivity index (χ2v) is 4.04. The second kappa shape index (κ2) is 5.70. The lowest BCUT2D eigenvalue weighted by Crippen LogP contribution is -2.30. The third-order valence-corrected chi connectivity index (χ3v) is 2.61. The Balaban J connectivity index is 2.44. The van der Waals surface area contributed by atoms with E-state index < -0.39 is 0 Å². The molecule has 1 amide bonds. The van der Waals surface area contributed by atoms with Crippen LogP contribution >= 0.6 is 0 Å². The zero-order valence-electron chi connectivity index (χ0n) is 10.2. The third kappa shape index (κ3) is 3.38. The molecule has 1 rings (SSSR count). The van der Waals surface area contributed by atoms with Crippen molar-refractivity contribution in [2.75, 3.05) is 6.54 Å². The normalized spacial score (nSPS) is 12.5. The largest absolute Gasteiger partial charge is 0.466 e. The van der Waals surface area contributed by atoms with Crippen molar-refractivity contribution in [1.82, 2.24) is 5.32 Å². The summed E-state index contributed by atoms with van der Waals surface area (Å²) in [6.07, 6.45) is 1.73. The van der Waals surface area contributed by atoms with Crippen LogP contribution in [0.4, 0.5) is 0 Å². The number of rotatable bonds is 5. The third-order valence-electron chi connectivity index (χ3n) is 2.61. The number of furan rings is 1. The molecule has 0 spiro atoms. The van der Waals surface area contributed by atoms with E-state index in [-0.39, 0.29) is 11.9 Å².